The lowest BCUT2D eigenvalue weighted by atomic mass is 10.0. The summed E-state index contributed by atoms with van der Waals surface area (Å²) in [6.45, 7) is 2.52. The number of primary sulfonamides is 1. The van der Waals surface area contributed by atoms with Crippen molar-refractivity contribution in [3.63, 3.8) is 0 Å². The summed E-state index contributed by atoms with van der Waals surface area (Å²) in [4.78, 5) is 24.2. The van der Waals surface area contributed by atoms with Crippen molar-refractivity contribution in [1.29, 1.82) is 0 Å². The monoisotopic (exact) mass is 402 g/mol. The molecule has 0 bridgehead atoms. The summed E-state index contributed by atoms with van der Waals surface area (Å²) in [6.07, 6.45) is 2.91. The summed E-state index contributed by atoms with van der Waals surface area (Å²) in [6, 6.07) is 13.8. The molecule has 0 heterocycles. The van der Waals surface area contributed by atoms with Crippen LogP contribution in [0.5, 0.6) is 0 Å². The van der Waals surface area contributed by atoms with Crippen LogP contribution in [0.2, 0.25) is 0 Å². The van der Waals surface area contributed by atoms with E-state index in [2.05, 4.69) is 12.2 Å². The van der Waals surface area contributed by atoms with Crippen LogP contribution in [-0.4, -0.2) is 26.7 Å². The predicted molar refractivity (Wildman–Crippen MR) is 109 cm³/mol. The van der Waals surface area contributed by atoms with Crippen molar-refractivity contribution in [2.24, 2.45) is 5.14 Å². The Kier molecular flexibility index (Phi) is 7.90. The van der Waals surface area contributed by atoms with Gasteiger partial charge < -0.3 is 5.32 Å². The first-order chi connectivity index (χ1) is 13.3. The summed E-state index contributed by atoms with van der Waals surface area (Å²) in [5, 5.41) is 7.83. The molecule has 0 radical (unpaired) electrons. The van der Waals surface area contributed by atoms with Gasteiger partial charge in [0, 0.05) is 24.9 Å². The number of aryl methyl sites for hydroxylation is 1. The van der Waals surface area contributed by atoms with Crippen LogP contribution in [0.3, 0.4) is 0 Å². The Bertz CT molecular complexity index is 904. The molecule has 1 amide bonds. The average molecular weight is 403 g/mol. The van der Waals surface area contributed by atoms with Crippen molar-refractivity contribution < 1.29 is 18.0 Å². The fourth-order valence-electron chi connectivity index (χ4n) is 2.80. The fourth-order valence-corrected chi connectivity index (χ4v) is 3.31. The number of benzene rings is 2. The van der Waals surface area contributed by atoms with E-state index in [-0.39, 0.29) is 29.4 Å². The molecule has 150 valence electrons. The van der Waals surface area contributed by atoms with Crippen LogP contribution in [0.15, 0.2) is 53.4 Å². The lowest BCUT2D eigenvalue weighted by Gasteiger charge is -2.06. The van der Waals surface area contributed by atoms with E-state index < -0.39 is 10.0 Å². The van der Waals surface area contributed by atoms with Gasteiger partial charge in [-0.2, -0.15) is 0 Å². The Balaban J connectivity index is 1.73. The van der Waals surface area contributed by atoms with Gasteiger partial charge in [-0.1, -0.05) is 49.7 Å². The van der Waals surface area contributed by atoms with Gasteiger partial charge in [0.2, 0.25) is 15.9 Å². The number of carbonyl (C=O) groups is 2. The highest BCUT2D eigenvalue weighted by molar-refractivity contribution is 7.89. The van der Waals surface area contributed by atoms with Gasteiger partial charge in [0.15, 0.2) is 5.78 Å². The number of hydrogen-bond acceptors (Lipinski definition) is 4. The van der Waals surface area contributed by atoms with E-state index in [0.29, 0.717) is 18.5 Å². The molecule has 0 aromatic heterocycles. The minimum Gasteiger partial charge on any atom is -0.356 e. The molecule has 28 heavy (non-hydrogen) atoms. The maximum Gasteiger partial charge on any atom is 0.238 e. The van der Waals surface area contributed by atoms with Gasteiger partial charge in [0.1, 0.15) is 0 Å². The first-order valence-electron chi connectivity index (χ1n) is 9.30. The van der Waals surface area contributed by atoms with Crippen LogP contribution < -0.4 is 10.5 Å². The Morgan fingerprint density at radius 2 is 1.46 bits per heavy atom. The SMILES string of the molecule is CCCc1ccc(C(=O)CCC(=O)NCCc2ccc(S(N)(=O)=O)cc2)cc1. The first kappa shape index (κ1) is 21.8. The molecule has 2 rings (SSSR count). The second-order valence-corrected chi connectivity index (χ2v) is 8.22. The van der Waals surface area contributed by atoms with Gasteiger partial charge in [0.05, 0.1) is 4.90 Å². The maximum atomic E-state index is 12.2. The zero-order chi connectivity index (χ0) is 20.6. The van der Waals surface area contributed by atoms with Gasteiger partial charge >= 0.3 is 0 Å². The van der Waals surface area contributed by atoms with Crippen molar-refractivity contribution in [2.75, 3.05) is 6.54 Å². The quantitative estimate of drug-likeness (QED) is 0.596. The molecule has 0 aliphatic carbocycles. The number of nitrogens with two attached hydrogens (primary N) is 1. The lowest BCUT2D eigenvalue weighted by Crippen LogP contribution is -2.26. The number of ketones is 1. The van der Waals surface area contributed by atoms with E-state index >= 15 is 0 Å². The predicted octanol–water partition coefficient (Wildman–Crippen LogP) is 2.61. The number of nitrogens with one attached hydrogen (secondary N) is 1. The molecule has 0 aliphatic heterocycles. The largest absolute Gasteiger partial charge is 0.356 e. The fraction of sp³-hybridized carbons (Fsp3) is 0.333. The molecule has 0 saturated heterocycles. The van der Waals surface area contributed by atoms with Crippen LogP contribution >= 0.6 is 0 Å². The smallest absolute Gasteiger partial charge is 0.238 e. The van der Waals surface area contributed by atoms with Gasteiger partial charge in [-0.3, -0.25) is 9.59 Å². The van der Waals surface area contributed by atoms with Crippen LogP contribution in [-0.2, 0) is 27.7 Å². The molecule has 3 N–H and O–H groups in total. The highest BCUT2D eigenvalue weighted by Crippen LogP contribution is 2.11. The lowest BCUT2D eigenvalue weighted by molar-refractivity contribution is -0.121. The number of Topliss-reactive ketones (excluding diaryl/α,β-unsaturated/α-hetero) is 1. The average Bonchev–Trinajstić information content (AvgIpc) is 2.67. The number of amides is 1. The highest BCUT2D eigenvalue weighted by atomic mass is 32.2. The Morgan fingerprint density at radius 1 is 0.893 bits per heavy atom. The van der Waals surface area contributed by atoms with Crippen LogP contribution in [0.25, 0.3) is 0 Å². The number of carbonyl (C=O) groups excluding carboxylic acids is 2. The topological polar surface area (TPSA) is 106 Å². The van der Waals surface area contributed by atoms with E-state index in [1.165, 1.54) is 17.7 Å². The molecule has 0 saturated carbocycles. The van der Waals surface area contributed by atoms with Gasteiger partial charge in [-0.05, 0) is 36.1 Å². The number of hydrogen-bond donors (Lipinski definition) is 2. The third-order valence-corrected chi connectivity index (χ3v) is 5.31. The summed E-state index contributed by atoms with van der Waals surface area (Å²) in [5.74, 6) is -0.228. The summed E-state index contributed by atoms with van der Waals surface area (Å²) >= 11 is 0. The number of sulfonamides is 1. The second kappa shape index (κ2) is 10.1. The van der Waals surface area contributed by atoms with Gasteiger partial charge in [-0.15, -0.1) is 0 Å². The third-order valence-electron chi connectivity index (χ3n) is 4.38. The van der Waals surface area contributed by atoms with Crippen molar-refractivity contribution in [3.05, 3.63) is 65.2 Å². The standard InChI is InChI=1S/C21H26N2O4S/c1-2-3-16-4-8-18(9-5-16)20(24)12-13-21(25)23-15-14-17-6-10-19(11-7-17)28(22,26)27/h4-11H,2-3,12-15H2,1H3,(H,23,25)(H2,22,26,27). The second-order valence-electron chi connectivity index (χ2n) is 6.66. The van der Waals surface area contributed by atoms with Gasteiger partial charge in [0.25, 0.3) is 0 Å². The summed E-state index contributed by atoms with van der Waals surface area (Å²) in [5.41, 5.74) is 2.72. The van der Waals surface area contributed by atoms with Crippen molar-refractivity contribution in [1.82, 2.24) is 5.32 Å². The molecule has 0 fully saturated rings. The molecular weight excluding hydrogens is 376 g/mol. The molecule has 2 aromatic carbocycles. The van der Waals surface area contributed by atoms with Crippen LogP contribution in [0.1, 0.15) is 47.7 Å². The third kappa shape index (κ3) is 6.90. The molecular formula is C21H26N2O4S. The Hall–Kier alpha value is -2.51. The van der Waals surface area contributed by atoms with Crippen molar-refractivity contribution in [3.8, 4) is 0 Å². The minimum absolute atomic E-state index is 0.0446. The van der Waals surface area contributed by atoms with E-state index in [1.807, 2.05) is 24.3 Å². The highest BCUT2D eigenvalue weighted by Gasteiger charge is 2.10. The van der Waals surface area contributed by atoms with Crippen molar-refractivity contribution in [2.45, 2.75) is 43.9 Å². The van der Waals surface area contributed by atoms with Gasteiger partial charge in [-0.25, -0.2) is 13.6 Å². The minimum atomic E-state index is -3.70. The Labute approximate surface area is 166 Å². The first-order valence-corrected chi connectivity index (χ1v) is 10.8. The molecule has 0 aliphatic rings. The van der Waals surface area contributed by atoms with Crippen LogP contribution in [0.4, 0.5) is 0 Å². The van der Waals surface area contributed by atoms with E-state index in [0.717, 1.165) is 18.4 Å². The summed E-state index contributed by atoms with van der Waals surface area (Å²) in [7, 11) is -3.70. The zero-order valence-corrected chi connectivity index (χ0v) is 16.8. The van der Waals surface area contributed by atoms with Crippen LogP contribution in [0, 0.1) is 0 Å². The maximum absolute atomic E-state index is 12.2. The van der Waals surface area contributed by atoms with Crippen molar-refractivity contribution >= 4 is 21.7 Å². The van der Waals surface area contributed by atoms with E-state index in [1.54, 1.807) is 12.1 Å². The molecule has 6 nitrogen and oxygen atoms in total. The van der Waals surface area contributed by atoms with E-state index in [4.69, 9.17) is 5.14 Å². The van der Waals surface area contributed by atoms with E-state index in [9.17, 15) is 18.0 Å². The zero-order valence-electron chi connectivity index (χ0n) is 16.0. The molecule has 0 unspecified atom stereocenters. The number of rotatable bonds is 10. The Morgan fingerprint density at radius 3 is 2.04 bits per heavy atom. The molecule has 7 heteroatoms. The normalized spacial score (nSPS) is 11.2. The molecule has 0 atom stereocenters. The summed E-state index contributed by atoms with van der Waals surface area (Å²) < 4.78 is 22.4. The molecule has 0 spiro atoms. The molecule has 2 aromatic rings.